The average Bonchev–Trinajstić information content (AvgIpc) is 2.55. The van der Waals surface area contributed by atoms with E-state index in [1.807, 2.05) is 18.2 Å². The number of carbonyl (C=O) groups is 2. The zero-order chi connectivity index (χ0) is 17.5. The zero-order valence-corrected chi connectivity index (χ0v) is 14.1. The maximum Gasteiger partial charge on any atom is 0.340 e. The summed E-state index contributed by atoms with van der Waals surface area (Å²) >= 11 is 5.90. The minimum absolute atomic E-state index is 0.265. The van der Waals surface area contributed by atoms with Crippen molar-refractivity contribution in [1.29, 1.82) is 0 Å². The van der Waals surface area contributed by atoms with E-state index in [0.717, 1.165) is 11.1 Å². The number of esters is 1. The van der Waals surface area contributed by atoms with Crippen LogP contribution in [0.3, 0.4) is 0 Å². The molecule has 6 heteroatoms. The van der Waals surface area contributed by atoms with Gasteiger partial charge in [-0.25, -0.2) is 4.79 Å². The zero-order valence-electron chi connectivity index (χ0n) is 13.3. The molecule has 2 aromatic rings. The molecule has 2 aromatic carbocycles. The third kappa shape index (κ3) is 4.99. The Morgan fingerprint density at radius 1 is 1.21 bits per heavy atom. The maximum atomic E-state index is 12.0. The fourth-order valence-corrected chi connectivity index (χ4v) is 2.37. The van der Waals surface area contributed by atoms with Gasteiger partial charge in [-0.05, 0) is 42.7 Å². The molecule has 0 fully saturated rings. The lowest BCUT2D eigenvalue weighted by Crippen LogP contribution is -2.30. The minimum atomic E-state index is -0.610. The van der Waals surface area contributed by atoms with Crippen molar-refractivity contribution in [2.45, 2.75) is 13.3 Å². The highest BCUT2D eigenvalue weighted by molar-refractivity contribution is 6.30. The van der Waals surface area contributed by atoms with Gasteiger partial charge in [-0.3, -0.25) is 4.79 Å². The Morgan fingerprint density at radius 3 is 2.71 bits per heavy atom. The van der Waals surface area contributed by atoms with E-state index in [0.29, 0.717) is 23.7 Å². The predicted octanol–water partition coefficient (Wildman–Crippen LogP) is 2.75. The summed E-state index contributed by atoms with van der Waals surface area (Å²) in [4.78, 5) is 23.7. The Hall–Kier alpha value is -2.53. The minimum Gasteiger partial charge on any atom is -0.452 e. The number of amides is 1. The van der Waals surface area contributed by atoms with Gasteiger partial charge in [0.25, 0.3) is 5.91 Å². The lowest BCUT2D eigenvalue weighted by molar-refractivity contribution is -0.124. The van der Waals surface area contributed by atoms with Crippen LogP contribution in [0.1, 0.15) is 21.5 Å². The summed E-state index contributed by atoms with van der Waals surface area (Å²) in [7, 11) is 0. The van der Waals surface area contributed by atoms with Gasteiger partial charge >= 0.3 is 5.97 Å². The fourth-order valence-electron chi connectivity index (χ4n) is 2.16. The molecular formula is C18H19ClN2O3. The summed E-state index contributed by atoms with van der Waals surface area (Å²) in [6, 6.07) is 12.5. The van der Waals surface area contributed by atoms with E-state index in [4.69, 9.17) is 22.1 Å². The summed E-state index contributed by atoms with van der Waals surface area (Å²) < 4.78 is 5.00. The number of carbonyl (C=O) groups excluding carboxylic acids is 2. The van der Waals surface area contributed by atoms with Gasteiger partial charge in [0.2, 0.25) is 0 Å². The predicted molar refractivity (Wildman–Crippen MR) is 94.0 cm³/mol. The van der Waals surface area contributed by atoms with E-state index in [2.05, 4.69) is 5.32 Å². The smallest absolute Gasteiger partial charge is 0.340 e. The van der Waals surface area contributed by atoms with Crippen molar-refractivity contribution in [2.24, 2.45) is 0 Å². The number of ether oxygens (including phenoxy) is 1. The number of halogens is 1. The van der Waals surface area contributed by atoms with Crippen LogP contribution >= 0.6 is 11.6 Å². The molecule has 0 saturated carbocycles. The van der Waals surface area contributed by atoms with Crippen molar-refractivity contribution >= 4 is 29.2 Å². The highest BCUT2D eigenvalue weighted by Gasteiger charge is 2.14. The van der Waals surface area contributed by atoms with Crippen LogP contribution in [0.2, 0.25) is 5.02 Å². The quantitative estimate of drug-likeness (QED) is 0.622. The Bertz CT molecular complexity index is 747. The third-order valence-electron chi connectivity index (χ3n) is 3.50. The van der Waals surface area contributed by atoms with Crippen LogP contribution in [0.5, 0.6) is 0 Å². The van der Waals surface area contributed by atoms with Crippen molar-refractivity contribution in [3.63, 3.8) is 0 Å². The molecule has 0 spiro atoms. The summed E-state index contributed by atoms with van der Waals surface area (Å²) in [5, 5.41) is 3.35. The van der Waals surface area contributed by atoms with Gasteiger partial charge in [0, 0.05) is 17.3 Å². The number of anilines is 1. The average molecular weight is 347 g/mol. The van der Waals surface area contributed by atoms with Crippen LogP contribution in [0.4, 0.5) is 5.69 Å². The number of nitrogens with two attached hydrogens (primary N) is 1. The molecule has 0 aliphatic heterocycles. The normalized spacial score (nSPS) is 10.2. The fraction of sp³-hybridized carbons (Fsp3) is 0.222. The Morgan fingerprint density at radius 2 is 1.96 bits per heavy atom. The van der Waals surface area contributed by atoms with Crippen molar-refractivity contribution in [1.82, 2.24) is 5.32 Å². The molecule has 0 aromatic heterocycles. The lowest BCUT2D eigenvalue weighted by Gasteiger charge is -2.09. The van der Waals surface area contributed by atoms with Crippen LogP contribution in [0.25, 0.3) is 0 Å². The second kappa shape index (κ2) is 8.36. The summed E-state index contributed by atoms with van der Waals surface area (Å²) in [6.45, 7) is 1.89. The van der Waals surface area contributed by atoms with Gasteiger partial charge in [-0.1, -0.05) is 35.9 Å². The molecule has 0 aliphatic carbocycles. The molecule has 1 amide bonds. The van der Waals surface area contributed by atoms with Crippen LogP contribution in [-0.4, -0.2) is 25.0 Å². The second-order valence-electron chi connectivity index (χ2n) is 5.34. The number of para-hydroxylation sites is 1. The highest BCUT2D eigenvalue weighted by Crippen LogP contribution is 2.17. The SMILES string of the molecule is Cc1cccc(C(=O)OCC(=O)NCCc2cccc(Cl)c2)c1N. The van der Waals surface area contributed by atoms with Gasteiger partial charge in [0.1, 0.15) is 0 Å². The highest BCUT2D eigenvalue weighted by atomic mass is 35.5. The molecule has 126 valence electrons. The molecule has 0 bridgehead atoms. The first-order chi connectivity index (χ1) is 11.5. The first kappa shape index (κ1) is 17.8. The molecule has 24 heavy (non-hydrogen) atoms. The molecule has 0 unspecified atom stereocenters. The van der Waals surface area contributed by atoms with E-state index < -0.39 is 5.97 Å². The molecule has 0 aliphatic rings. The number of nitrogen functional groups attached to an aromatic ring is 1. The summed E-state index contributed by atoms with van der Waals surface area (Å²) in [5.41, 5.74) is 8.27. The van der Waals surface area contributed by atoms with E-state index in [1.54, 1.807) is 31.2 Å². The molecule has 5 nitrogen and oxygen atoms in total. The van der Waals surface area contributed by atoms with Gasteiger partial charge in [-0.15, -0.1) is 0 Å². The Kier molecular flexibility index (Phi) is 6.21. The standard InChI is InChI=1S/C18H19ClN2O3/c1-12-4-2-7-15(17(12)20)18(23)24-11-16(22)21-9-8-13-5-3-6-14(19)10-13/h2-7,10H,8-9,11,20H2,1H3,(H,21,22). The van der Waals surface area contributed by atoms with Crippen LogP contribution < -0.4 is 11.1 Å². The van der Waals surface area contributed by atoms with E-state index in [1.165, 1.54) is 0 Å². The number of hydrogen-bond donors (Lipinski definition) is 2. The number of nitrogens with one attached hydrogen (secondary N) is 1. The van der Waals surface area contributed by atoms with Gasteiger partial charge in [0.05, 0.1) is 5.56 Å². The summed E-state index contributed by atoms with van der Waals surface area (Å²) in [6.07, 6.45) is 0.644. The molecule has 3 N–H and O–H groups in total. The number of rotatable bonds is 6. The second-order valence-corrected chi connectivity index (χ2v) is 5.78. The molecule has 0 saturated heterocycles. The largest absolute Gasteiger partial charge is 0.452 e. The monoisotopic (exact) mass is 346 g/mol. The Labute approximate surface area is 145 Å². The Balaban J connectivity index is 1.76. The van der Waals surface area contributed by atoms with Gasteiger partial charge < -0.3 is 15.8 Å². The van der Waals surface area contributed by atoms with Crippen LogP contribution in [0, 0.1) is 6.92 Å². The summed E-state index contributed by atoms with van der Waals surface area (Å²) in [5.74, 6) is -0.974. The lowest BCUT2D eigenvalue weighted by atomic mass is 10.1. The molecule has 0 heterocycles. The van der Waals surface area contributed by atoms with Gasteiger partial charge in [0.15, 0.2) is 6.61 Å². The van der Waals surface area contributed by atoms with Crippen molar-refractivity contribution in [3.05, 3.63) is 64.2 Å². The van der Waals surface area contributed by atoms with Crippen molar-refractivity contribution in [3.8, 4) is 0 Å². The maximum absolute atomic E-state index is 12.0. The molecule has 0 radical (unpaired) electrons. The van der Waals surface area contributed by atoms with Crippen molar-refractivity contribution < 1.29 is 14.3 Å². The van der Waals surface area contributed by atoms with Crippen LogP contribution in [0.15, 0.2) is 42.5 Å². The molecular weight excluding hydrogens is 328 g/mol. The first-order valence-electron chi connectivity index (χ1n) is 7.50. The molecule has 0 atom stereocenters. The topological polar surface area (TPSA) is 81.4 Å². The number of aryl methyl sites for hydroxylation is 1. The van der Waals surface area contributed by atoms with E-state index >= 15 is 0 Å². The first-order valence-corrected chi connectivity index (χ1v) is 7.88. The van der Waals surface area contributed by atoms with Gasteiger partial charge in [-0.2, -0.15) is 0 Å². The number of benzene rings is 2. The number of hydrogen-bond acceptors (Lipinski definition) is 4. The van der Waals surface area contributed by atoms with E-state index in [-0.39, 0.29) is 18.1 Å². The van der Waals surface area contributed by atoms with E-state index in [9.17, 15) is 9.59 Å². The van der Waals surface area contributed by atoms with Crippen LogP contribution in [-0.2, 0) is 16.0 Å². The third-order valence-corrected chi connectivity index (χ3v) is 3.74. The molecule has 2 rings (SSSR count). The van der Waals surface area contributed by atoms with Crippen molar-refractivity contribution in [2.75, 3.05) is 18.9 Å².